The van der Waals surface area contributed by atoms with Gasteiger partial charge in [0.25, 0.3) is 0 Å². The van der Waals surface area contributed by atoms with Gasteiger partial charge in [-0.1, -0.05) is 6.07 Å². The minimum Gasteiger partial charge on any atom is -0.463 e. The summed E-state index contributed by atoms with van der Waals surface area (Å²) in [6.07, 6.45) is 2.68. The minimum atomic E-state index is -0.0935. The van der Waals surface area contributed by atoms with Crippen LogP contribution in [0.25, 0.3) is 10.9 Å². The van der Waals surface area contributed by atoms with Crippen molar-refractivity contribution in [3.63, 3.8) is 0 Å². The highest BCUT2D eigenvalue weighted by Crippen LogP contribution is 2.29. The molecular weight excluding hydrogens is 342 g/mol. The van der Waals surface area contributed by atoms with E-state index in [0.29, 0.717) is 18.7 Å². The Balaban J connectivity index is 1.57. The van der Waals surface area contributed by atoms with Crippen molar-refractivity contribution in [3.8, 4) is 6.01 Å². The molecule has 2 unspecified atom stereocenters. The van der Waals surface area contributed by atoms with Gasteiger partial charge in [-0.25, -0.2) is 4.98 Å². The molecule has 0 bridgehead atoms. The Kier molecular flexibility index (Phi) is 4.86. The summed E-state index contributed by atoms with van der Waals surface area (Å²) in [5, 5.41) is 4.53. The molecule has 2 aliphatic rings. The molecule has 2 saturated heterocycles. The summed E-state index contributed by atoms with van der Waals surface area (Å²) < 4.78 is 5.78. The number of piperazine rings is 1. The number of anilines is 1. The third kappa shape index (κ3) is 3.56. The first-order valence-corrected chi connectivity index (χ1v) is 9.65. The van der Waals surface area contributed by atoms with Gasteiger partial charge in [-0.15, -0.1) is 0 Å². The van der Waals surface area contributed by atoms with Gasteiger partial charge in [0.1, 0.15) is 6.61 Å². The van der Waals surface area contributed by atoms with Gasteiger partial charge in [0.05, 0.1) is 11.4 Å². The van der Waals surface area contributed by atoms with E-state index in [4.69, 9.17) is 4.74 Å². The number of amides is 1. The van der Waals surface area contributed by atoms with Crippen LogP contribution in [0.4, 0.5) is 5.69 Å². The number of carbonyl (C=O) groups is 1. The van der Waals surface area contributed by atoms with Crippen molar-refractivity contribution in [1.82, 2.24) is 20.2 Å². The second kappa shape index (κ2) is 7.31. The fourth-order valence-electron chi connectivity index (χ4n) is 3.95. The lowest BCUT2D eigenvalue weighted by atomic mass is 10.1. The number of nitrogens with one attached hydrogen (secondary N) is 1. The number of aromatic nitrogens is 2. The molecule has 1 aromatic heterocycles. The molecule has 0 saturated carbocycles. The number of aryl methyl sites for hydroxylation is 1. The Hall–Kier alpha value is -2.41. The Morgan fingerprint density at radius 2 is 2.19 bits per heavy atom. The van der Waals surface area contributed by atoms with Crippen molar-refractivity contribution in [2.75, 3.05) is 44.7 Å². The smallest absolute Gasteiger partial charge is 0.316 e. The van der Waals surface area contributed by atoms with Gasteiger partial charge in [0, 0.05) is 56.5 Å². The van der Waals surface area contributed by atoms with E-state index in [1.54, 1.807) is 4.90 Å². The molecule has 1 amide bonds. The molecule has 2 aromatic rings. The fourth-order valence-corrected chi connectivity index (χ4v) is 3.95. The van der Waals surface area contributed by atoms with Crippen LogP contribution < -0.4 is 15.0 Å². The zero-order valence-electron chi connectivity index (χ0n) is 16.2. The first kappa shape index (κ1) is 18.0. The maximum Gasteiger partial charge on any atom is 0.316 e. The lowest BCUT2D eigenvalue weighted by Gasteiger charge is -2.34. The van der Waals surface area contributed by atoms with Gasteiger partial charge in [-0.05, 0) is 31.9 Å². The lowest BCUT2D eigenvalue weighted by Crippen LogP contribution is -2.49. The predicted molar refractivity (Wildman–Crippen MR) is 105 cm³/mol. The Bertz CT molecular complexity index is 856. The second-order valence-corrected chi connectivity index (χ2v) is 7.67. The summed E-state index contributed by atoms with van der Waals surface area (Å²) in [4.78, 5) is 25.3. The molecule has 0 radical (unpaired) electrons. The van der Waals surface area contributed by atoms with Gasteiger partial charge in [0.15, 0.2) is 0 Å². The summed E-state index contributed by atoms with van der Waals surface area (Å²) >= 11 is 0. The number of likely N-dealkylation sites (tertiary alicyclic amines) is 1. The van der Waals surface area contributed by atoms with Crippen LogP contribution in [-0.2, 0) is 4.79 Å². The molecular formula is C20H27N5O2. The van der Waals surface area contributed by atoms with E-state index in [0.717, 1.165) is 49.1 Å². The SMILES string of the molecule is Cc1ccc(N2CCNC(C)C2)c2cnc(OCC3CCN(C)C3=O)nc12. The quantitative estimate of drug-likeness (QED) is 0.883. The Morgan fingerprint density at radius 1 is 1.33 bits per heavy atom. The largest absolute Gasteiger partial charge is 0.463 e. The highest BCUT2D eigenvalue weighted by Gasteiger charge is 2.29. The minimum absolute atomic E-state index is 0.0935. The van der Waals surface area contributed by atoms with E-state index in [9.17, 15) is 4.79 Å². The van der Waals surface area contributed by atoms with Crippen LogP contribution in [0, 0.1) is 12.8 Å². The number of hydrogen-bond acceptors (Lipinski definition) is 6. The molecule has 2 fully saturated rings. The summed E-state index contributed by atoms with van der Waals surface area (Å²) in [7, 11) is 1.83. The number of benzene rings is 1. The summed E-state index contributed by atoms with van der Waals surface area (Å²) in [5.74, 6) is 0.0474. The third-order valence-corrected chi connectivity index (χ3v) is 5.57. The van der Waals surface area contributed by atoms with E-state index in [-0.39, 0.29) is 11.8 Å². The van der Waals surface area contributed by atoms with E-state index in [1.807, 2.05) is 13.2 Å². The van der Waals surface area contributed by atoms with E-state index in [1.165, 1.54) is 5.69 Å². The van der Waals surface area contributed by atoms with Crippen LogP contribution in [0.1, 0.15) is 18.9 Å². The molecule has 7 heteroatoms. The lowest BCUT2D eigenvalue weighted by molar-refractivity contribution is -0.130. The van der Waals surface area contributed by atoms with Crippen LogP contribution in [0.3, 0.4) is 0 Å². The van der Waals surface area contributed by atoms with E-state index >= 15 is 0 Å². The third-order valence-electron chi connectivity index (χ3n) is 5.57. The topological polar surface area (TPSA) is 70.6 Å². The maximum absolute atomic E-state index is 12.0. The van der Waals surface area contributed by atoms with Crippen LogP contribution in [0.5, 0.6) is 6.01 Å². The number of rotatable bonds is 4. The number of ether oxygens (including phenoxy) is 1. The van der Waals surface area contributed by atoms with Crippen LogP contribution >= 0.6 is 0 Å². The average molecular weight is 369 g/mol. The molecule has 7 nitrogen and oxygen atoms in total. The Morgan fingerprint density at radius 3 is 2.93 bits per heavy atom. The van der Waals surface area contributed by atoms with Gasteiger partial charge >= 0.3 is 6.01 Å². The predicted octanol–water partition coefficient (Wildman–Crippen LogP) is 1.59. The molecule has 1 aromatic carbocycles. The molecule has 2 aliphatic heterocycles. The van der Waals surface area contributed by atoms with Crippen molar-refractivity contribution in [1.29, 1.82) is 0 Å². The highest BCUT2D eigenvalue weighted by molar-refractivity contribution is 5.93. The second-order valence-electron chi connectivity index (χ2n) is 7.67. The zero-order chi connectivity index (χ0) is 19.0. The monoisotopic (exact) mass is 369 g/mol. The normalized spacial score (nSPS) is 23.3. The number of hydrogen-bond donors (Lipinski definition) is 1. The van der Waals surface area contributed by atoms with Crippen molar-refractivity contribution in [2.45, 2.75) is 26.3 Å². The molecule has 0 aliphatic carbocycles. The standard InChI is InChI=1S/C20H27N5O2/c1-13-4-5-17(25-9-7-21-14(2)11-25)16-10-22-20(23-18(13)16)27-12-15-6-8-24(3)19(15)26/h4-5,10,14-15,21H,6-9,11-12H2,1-3H3. The van der Waals surface area contributed by atoms with Crippen molar-refractivity contribution >= 4 is 22.5 Å². The first-order chi connectivity index (χ1) is 13.0. The molecule has 1 N–H and O–H groups in total. The average Bonchev–Trinajstić information content (AvgIpc) is 2.99. The number of nitrogens with zero attached hydrogens (tertiary/aromatic N) is 4. The van der Waals surface area contributed by atoms with Gasteiger partial charge in [-0.2, -0.15) is 4.98 Å². The zero-order valence-corrected chi connectivity index (χ0v) is 16.2. The first-order valence-electron chi connectivity index (χ1n) is 9.65. The molecule has 2 atom stereocenters. The van der Waals surface area contributed by atoms with Crippen molar-refractivity contribution in [3.05, 3.63) is 23.9 Å². The maximum atomic E-state index is 12.0. The van der Waals surface area contributed by atoms with Crippen LogP contribution in [0.2, 0.25) is 0 Å². The number of carbonyl (C=O) groups excluding carboxylic acids is 1. The molecule has 3 heterocycles. The van der Waals surface area contributed by atoms with Crippen LogP contribution in [-0.4, -0.2) is 66.7 Å². The summed E-state index contributed by atoms with van der Waals surface area (Å²) in [6, 6.07) is 5.07. The summed E-state index contributed by atoms with van der Waals surface area (Å²) in [5.41, 5.74) is 3.18. The van der Waals surface area contributed by atoms with Gasteiger partial charge in [-0.3, -0.25) is 4.79 Å². The number of fused-ring (bicyclic) bond motifs is 1. The van der Waals surface area contributed by atoms with E-state index in [2.05, 4.69) is 46.2 Å². The highest BCUT2D eigenvalue weighted by atomic mass is 16.5. The summed E-state index contributed by atoms with van der Waals surface area (Å²) in [6.45, 7) is 8.29. The van der Waals surface area contributed by atoms with E-state index < -0.39 is 0 Å². The van der Waals surface area contributed by atoms with Crippen molar-refractivity contribution < 1.29 is 9.53 Å². The van der Waals surface area contributed by atoms with Gasteiger partial charge in [0.2, 0.25) is 5.91 Å². The molecule has 144 valence electrons. The molecule has 0 spiro atoms. The molecule has 4 rings (SSSR count). The fraction of sp³-hybridized carbons (Fsp3) is 0.550. The van der Waals surface area contributed by atoms with Gasteiger partial charge < -0.3 is 19.9 Å². The Labute approximate surface area is 159 Å². The van der Waals surface area contributed by atoms with Crippen molar-refractivity contribution in [2.24, 2.45) is 5.92 Å². The van der Waals surface area contributed by atoms with Crippen LogP contribution in [0.15, 0.2) is 18.3 Å². The molecule has 27 heavy (non-hydrogen) atoms.